The van der Waals surface area contributed by atoms with Crippen molar-refractivity contribution in [3.05, 3.63) is 60.4 Å². The first kappa shape index (κ1) is 17.1. The Bertz CT molecular complexity index is 995. The van der Waals surface area contributed by atoms with Gasteiger partial charge >= 0.3 is 0 Å². The number of nitrogens with two attached hydrogens (primary N) is 1. The zero-order chi connectivity index (χ0) is 18.8. The van der Waals surface area contributed by atoms with E-state index in [2.05, 4.69) is 4.98 Å². The second-order valence-corrected chi connectivity index (χ2v) is 6.78. The van der Waals surface area contributed by atoms with Gasteiger partial charge in [-0.2, -0.15) is 0 Å². The summed E-state index contributed by atoms with van der Waals surface area (Å²) in [4.78, 5) is 35.3. The van der Waals surface area contributed by atoms with Crippen molar-refractivity contribution in [2.45, 2.75) is 12.8 Å². The molecule has 1 aromatic carbocycles. The van der Waals surface area contributed by atoms with Crippen molar-refractivity contribution in [2.75, 3.05) is 13.1 Å². The molecular weight excluding hydrogens is 340 g/mol. The number of hydrogen-bond acceptors (Lipinski definition) is 4. The number of aromatic nitrogens is 2. The summed E-state index contributed by atoms with van der Waals surface area (Å²) in [5.41, 5.74) is 8.38. The van der Waals surface area contributed by atoms with Gasteiger partial charge in [0.25, 0.3) is 5.91 Å². The van der Waals surface area contributed by atoms with E-state index in [1.807, 2.05) is 42.5 Å². The van der Waals surface area contributed by atoms with Crippen LogP contribution in [0.1, 0.15) is 23.2 Å². The minimum atomic E-state index is -0.282. The van der Waals surface area contributed by atoms with E-state index in [-0.39, 0.29) is 17.7 Å². The maximum Gasteiger partial charge on any atom is 0.254 e. The van der Waals surface area contributed by atoms with Crippen LogP contribution in [-0.2, 0) is 4.79 Å². The molecule has 2 N–H and O–H groups in total. The lowest BCUT2D eigenvalue weighted by Crippen LogP contribution is -2.41. The van der Waals surface area contributed by atoms with Gasteiger partial charge in [0.05, 0.1) is 16.8 Å². The van der Waals surface area contributed by atoms with Crippen molar-refractivity contribution in [1.29, 1.82) is 0 Å². The summed E-state index contributed by atoms with van der Waals surface area (Å²) in [5, 5.41) is 0.826. The average molecular weight is 360 g/mol. The van der Waals surface area contributed by atoms with Crippen LogP contribution in [0.3, 0.4) is 0 Å². The predicted molar refractivity (Wildman–Crippen MR) is 103 cm³/mol. The Balaban J connectivity index is 1.72. The third-order valence-electron chi connectivity index (χ3n) is 5.09. The first-order valence-corrected chi connectivity index (χ1v) is 9.02. The number of benzene rings is 1. The lowest BCUT2D eigenvalue weighted by molar-refractivity contribution is -0.123. The van der Waals surface area contributed by atoms with E-state index in [4.69, 9.17) is 10.7 Å². The van der Waals surface area contributed by atoms with Gasteiger partial charge in [-0.25, -0.2) is 4.98 Å². The minimum absolute atomic E-state index is 0.0401. The van der Waals surface area contributed by atoms with Gasteiger partial charge in [-0.1, -0.05) is 18.2 Å². The fourth-order valence-corrected chi connectivity index (χ4v) is 3.55. The van der Waals surface area contributed by atoms with Gasteiger partial charge in [-0.15, -0.1) is 0 Å². The number of hydrogen-bond donors (Lipinski definition) is 1. The molecule has 136 valence electrons. The van der Waals surface area contributed by atoms with E-state index in [1.54, 1.807) is 17.3 Å². The normalized spacial score (nSPS) is 15.0. The van der Waals surface area contributed by atoms with Crippen molar-refractivity contribution in [2.24, 2.45) is 11.7 Å². The zero-order valence-corrected chi connectivity index (χ0v) is 14.8. The molecule has 1 saturated heterocycles. The number of nitrogens with zero attached hydrogens (tertiary/aromatic N) is 3. The number of rotatable bonds is 3. The third-order valence-corrected chi connectivity index (χ3v) is 5.09. The van der Waals surface area contributed by atoms with Gasteiger partial charge in [-0.05, 0) is 37.1 Å². The maximum absolute atomic E-state index is 13.2. The van der Waals surface area contributed by atoms with E-state index < -0.39 is 0 Å². The van der Waals surface area contributed by atoms with E-state index >= 15 is 0 Å². The topological polar surface area (TPSA) is 89.2 Å². The molecule has 0 unspecified atom stereocenters. The third kappa shape index (κ3) is 3.38. The van der Waals surface area contributed by atoms with Crippen LogP contribution >= 0.6 is 0 Å². The number of fused-ring (bicyclic) bond motifs is 1. The summed E-state index contributed by atoms with van der Waals surface area (Å²) in [6.07, 6.45) is 4.67. The number of pyridine rings is 2. The van der Waals surface area contributed by atoms with Crippen molar-refractivity contribution in [3.63, 3.8) is 0 Å². The number of para-hydroxylation sites is 1. The number of likely N-dealkylation sites (tertiary alicyclic amines) is 1. The molecule has 0 atom stereocenters. The highest BCUT2D eigenvalue weighted by Gasteiger charge is 2.27. The molecule has 27 heavy (non-hydrogen) atoms. The van der Waals surface area contributed by atoms with Crippen LogP contribution in [0, 0.1) is 5.92 Å². The van der Waals surface area contributed by atoms with Gasteiger partial charge < -0.3 is 10.6 Å². The fraction of sp³-hybridized carbons (Fsp3) is 0.238. The van der Waals surface area contributed by atoms with Gasteiger partial charge in [0, 0.05) is 42.4 Å². The minimum Gasteiger partial charge on any atom is -0.369 e. The summed E-state index contributed by atoms with van der Waals surface area (Å²) in [6.45, 7) is 1.07. The number of primary amides is 1. The quantitative estimate of drug-likeness (QED) is 0.777. The zero-order valence-electron chi connectivity index (χ0n) is 14.8. The van der Waals surface area contributed by atoms with Gasteiger partial charge in [0.15, 0.2) is 0 Å². The second kappa shape index (κ2) is 7.15. The van der Waals surface area contributed by atoms with Crippen LogP contribution in [0.5, 0.6) is 0 Å². The molecule has 1 aliphatic heterocycles. The highest BCUT2D eigenvalue weighted by molar-refractivity contribution is 6.07. The molecule has 0 aliphatic carbocycles. The summed E-state index contributed by atoms with van der Waals surface area (Å²) in [5.74, 6) is -0.467. The number of amides is 2. The predicted octanol–water partition coefficient (Wildman–Crippen LogP) is 2.63. The molecule has 1 aliphatic rings. The largest absolute Gasteiger partial charge is 0.369 e. The average Bonchev–Trinajstić information content (AvgIpc) is 2.73. The van der Waals surface area contributed by atoms with Gasteiger partial charge in [-0.3, -0.25) is 14.6 Å². The standard InChI is InChI=1S/C21H20N4O2/c22-20(26)14-7-10-25(11-8-14)21(27)17-12-19(15-4-3-9-23-13-15)24-18-6-2-1-5-16(17)18/h1-6,9,12-14H,7-8,10-11H2,(H2,22,26). The van der Waals surface area contributed by atoms with Crippen LogP contribution in [0.25, 0.3) is 22.2 Å². The van der Waals surface area contributed by atoms with Crippen molar-refractivity contribution in [1.82, 2.24) is 14.9 Å². The van der Waals surface area contributed by atoms with Crippen molar-refractivity contribution in [3.8, 4) is 11.3 Å². The highest BCUT2D eigenvalue weighted by Crippen LogP contribution is 2.27. The van der Waals surface area contributed by atoms with Gasteiger partial charge in [0.2, 0.25) is 5.91 Å². The number of carbonyl (C=O) groups is 2. The van der Waals surface area contributed by atoms with Gasteiger partial charge in [0.1, 0.15) is 0 Å². The summed E-state index contributed by atoms with van der Waals surface area (Å²) in [6, 6.07) is 13.3. The van der Waals surface area contributed by atoms with Crippen molar-refractivity contribution < 1.29 is 9.59 Å². The highest BCUT2D eigenvalue weighted by atomic mass is 16.2. The Morgan fingerprint density at radius 2 is 1.85 bits per heavy atom. The van der Waals surface area contributed by atoms with Crippen LogP contribution in [-0.4, -0.2) is 39.8 Å². The lowest BCUT2D eigenvalue weighted by Gasteiger charge is -2.31. The number of carbonyl (C=O) groups excluding carboxylic acids is 2. The first-order chi connectivity index (χ1) is 13.1. The Kier molecular flexibility index (Phi) is 4.54. The fourth-order valence-electron chi connectivity index (χ4n) is 3.55. The molecular formula is C21H20N4O2. The van der Waals surface area contributed by atoms with Crippen LogP contribution in [0.4, 0.5) is 0 Å². The summed E-state index contributed by atoms with van der Waals surface area (Å²) >= 11 is 0. The lowest BCUT2D eigenvalue weighted by atomic mass is 9.95. The molecule has 0 radical (unpaired) electrons. The Morgan fingerprint density at radius 1 is 1.07 bits per heavy atom. The summed E-state index contributed by atoms with van der Waals surface area (Å²) < 4.78 is 0. The van der Waals surface area contributed by atoms with Crippen molar-refractivity contribution >= 4 is 22.7 Å². The Labute approximate surface area is 157 Å². The van der Waals surface area contributed by atoms with Crippen LogP contribution < -0.4 is 5.73 Å². The monoisotopic (exact) mass is 360 g/mol. The molecule has 3 aromatic rings. The van der Waals surface area contributed by atoms with Crippen LogP contribution in [0.15, 0.2) is 54.9 Å². The molecule has 1 fully saturated rings. The smallest absolute Gasteiger partial charge is 0.254 e. The molecule has 0 bridgehead atoms. The number of piperidine rings is 1. The van der Waals surface area contributed by atoms with E-state index in [0.29, 0.717) is 31.5 Å². The molecule has 0 saturated carbocycles. The molecule has 0 spiro atoms. The molecule has 2 amide bonds. The van der Waals surface area contributed by atoms with E-state index in [9.17, 15) is 9.59 Å². The molecule has 4 rings (SSSR count). The second-order valence-electron chi connectivity index (χ2n) is 6.78. The molecule has 6 nitrogen and oxygen atoms in total. The summed E-state index contributed by atoms with van der Waals surface area (Å²) in [7, 11) is 0. The molecule has 3 heterocycles. The van der Waals surface area contributed by atoms with Crippen LogP contribution in [0.2, 0.25) is 0 Å². The Hall–Kier alpha value is -3.28. The van der Waals surface area contributed by atoms with E-state index in [0.717, 1.165) is 22.2 Å². The van der Waals surface area contributed by atoms with E-state index in [1.165, 1.54) is 0 Å². The first-order valence-electron chi connectivity index (χ1n) is 9.02. The molecule has 2 aromatic heterocycles. The Morgan fingerprint density at radius 3 is 2.56 bits per heavy atom. The molecule has 6 heteroatoms. The maximum atomic E-state index is 13.2. The SMILES string of the molecule is NC(=O)C1CCN(C(=O)c2cc(-c3cccnc3)nc3ccccc23)CC1.